The number of nitrogens with one attached hydrogen (secondary N) is 2. The molecule has 0 saturated heterocycles. The number of anilines is 2. The fourth-order valence-electron chi connectivity index (χ4n) is 2.90. The Morgan fingerprint density at radius 1 is 0.864 bits per heavy atom. The van der Waals surface area contributed by atoms with Gasteiger partial charge < -0.3 is 30.6 Å². The summed E-state index contributed by atoms with van der Waals surface area (Å²) in [6, 6.07) is 23.3. The zero-order valence-corrected chi connectivity index (χ0v) is 30.1. The minimum Gasteiger partial charge on any atom is -0.506 e. The average Bonchev–Trinajstić information content (AvgIpc) is 3.05. The number of aryl methyl sites for hydroxylation is 1. The van der Waals surface area contributed by atoms with E-state index in [9.17, 15) is 5.11 Å². The quantitative estimate of drug-likeness (QED) is 0.0416. The smallest absolute Gasteiger partial charge is 0.201 e. The van der Waals surface area contributed by atoms with Gasteiger partial charge in [-0.05, 0) is 38.2 Å². The third kappa shape index (κ3) is 15.3. The number of phenols is 1. The topological polar surface area (TPSA) is 153 Å². The predicted molar refractivity (Wildman–Crippen MR) is 169 cm³/mol. The van der Waals surface area contributed by atoms with E-state index in [2.05, 4.69) is 46.3 Å². The molecule has 14 heteroatoms. The van der Waals surface area contributed by atoms with Gasteiger partial charge in [-0.2, -0.15) is 9.99 Å². The number of nitrogens with zero attached hydrogens (tertiary/aromatic N) is 7. The molecular weight excluding hydrogens is 687 g/mol. The van der Waals surface area contributed by atoms with Gasteiger partial charge in [0.2, 0.25) is 5.84 Å². The number of rotatable bonds is 8. The molecule has 3 aromatic carbocycles. The monoisotopic (exact) mass is 726 g/mol. The van der Waals surface area contributed by atoms with Crippen molar-refractivity contribution in [1.29, 1.82) is 0 Å². The Kier molecular flexibility index (Phi) is 25.2. The van der Waals surface area contributed by atoms with Crippen LogP contribution in [-0.4, -0.2) is 47.1 Å². The summed E-state index contributed by atoms with van der Waals surface area (Å²) in [4.78, 5) is 21.8. The van der Waals surface area contributed by atoms with Crippen LogP contribution in [0.4, 0.5) is 23.3 Å². The normalized spacial score (nSPS) is 9.68. The molecule has 0 aliphatic carbocycles. The van der Waals surface area contributed by atoms with Crippen LogP contribution in [-0.2, 0) is 54.7 Å². The number of hydrazone groups is 1. The van der Waals surface area contributed by atoms with Gasteiger partial charge in [-0.25, -0.2) is 4.98 Å². The van der Waals surface area contributed by atoms with Crippen LogP contribution in [0.1, 0.15) is 39.1 Å². The molecule has 0 aliphatic heterocycles. The second kappa shape index (κ2) is 26.0. The number of aromatic hydroxyl groups is 1. The number of para-hydroxylation sites is 3. The van der Waals surface area contributed by atoms with Crippen LogP contribution >= 0.6 is 0 Å². The van der Waals surface area contributed by atoms with Crippen LogP contribution < -0.4 is 15.6 Å². The molecule has 1 aromatic heterocycles. The minimum absolute atomic E-state index is 0. The summed E-state index contributed by atoms with van der Waals surface area (Å²) >= 11 is 0. The van der Waals surface area contributed by atoms with E-state index in [-0.39, 0.29) is 55.5 Å². The summed E-state index contributed by atoms with van der Waals surface area (Å²) in [6.07, 6.45) is 0. The van der Waals surface area contributed by atoms with Crippen molar-refractivity contribution in [1.82, 2.24) is 15.0 Å². The number of azo groups is 1. The van der Waals surface area contributed by atoms with Gasteiger partial charge in [0.25, 0.3) is 0 Å². The Balaban J connectivity index is 0. The van der Waals surface area contributed by atoms with Crippen LogP contribution in [0.5, 0.6) is 11.5 Å². The van der Waals surface area contributed by atoms with Gasteiger partial charge in [0, 0.05) is 68.3 Å². The molecule has 238 valence electrons. The van der Waals surface area contributed by atoms with Gasteiger partial charge in [0.15, 0.2) is 11.7 Å². The van der Waals surface area contributed by atoms with E-state index in [1.165, 1.54) is 7.11 Å². The van der Waals surface area contributed by atoms with Crippen molar-refractivity contribution in [2.45, 2.75) is 34.6 Å². The maximum Gasteiger partial charge on any atom is 0.201 e. The molecule has 0 fully saturated rings. The van der Waals surface area contributed by atoms with E-state index < -0.39 is 0 Å². The summed E-state index contributed by atoms with van der Waals surface area (Å²) in [5, 5.41) is 29.2. The maximum atomic E-state index is 9.86. The molecule has 0 spiro atoms. The summed E-state index contributed by atoms with van der Waals surface area (Å²) in [6.45, 7) is 9.80. The minimum atomic E-state index is 0. The molecule has 0 saturated carbocycles. The third-order valence-electron chi connectivity index (χ3n) is 4.67. The SMILES string of the molecule is CC.CC.COOc1ccccc1N/N=C(\N=Nc1ccccc1O)c1ccccc1.C[N-]c1nc(C)nc(NC)n1.[Cu].[Y]. The number of aromatic nitrogens is 3. The average molecular weight is 727 g/mol. The Bertz CT molecular complexity index is 1360. The molecule has 3 N–H and O–H groups in total. The Labute approximate surface area is 295 Å². The van der Waals surface area contributed by atoms with Crippen LogP contribution in [0.15, 0.2) is 94.2 Å². The third-order valence-corrected chi connectivity index (χ3v) is 4.67. The fraction of sp³-hybridized carbons (Fsp3) is 0.267. The Morgan fingerprint density at radius 3 is 2.09 bits per heavy atom. The molecule has 0 unspecified atom stereocenters. The number of benzene rings is 3. The number of amidine groups is 1. The first kappa shape index (κ1) is 42.7. The molecule has 4 aromatic rings. The van der Waals surface area contributed by atoms with Crippen molar-refractivity contribution in [2.24, 2.45) is 15.3 Å². The molecule has 44 heavy (non-hydrogen) atoms. The van der Waals surface area contributed by atoms with E-state index in [1.807, 2.05) is 70.2 Å². The van der Waals surface area contributed by atoms with Crippen molar-refractivity contribution < 1.29 is 64.7 Å². The molecule has 4 rings (SSSR count). The van der Waals surface area contributed by atoms with Crippen molar-refractivity contribution in [3.63, 3.8) is 0 Å². The van der Waals surface area contributed by atoms with Crippen molar-refractivity contribution in [2.75, 3.05) is 31.9 Å². The summed E-state index contributed by atoms with van der Waals surface area (Å²) in [5.74, 6) is 2.55. The molecule has 1 heterocycles. The maximum absolute atomic E-state index is 9.86. The largest absolute Gasteiger partial charge is 0.506 e. The standard InChI is InChI=1S/C20H18N4O3.C6H10N5.2C2H6.Cu.Y/c1-26-27-19-14-8-6-12-17(19)22-24-20(15-9-3-2-4-10-15)23-21-16-11-5-7-13-18(16)25;1-4-9-5(7-2)11-6(8-3)10-4;2*1-2;;/h2-14,22,25H,1H3;1-3H3,(H-,7,8,9,10,11);2*1-2H3;;/q;-1;;;;/b23-21?,24-20-;;;;;. The summed E-state index contributed by atoms with van der Waals surface area (Å²) in [7, 11) is 4.83. The molecular formula is C30H40CuN9O3Y-. The summed E-state index contributed by atoms with van der Waals surface area (Å²) < 4.78 is 0. The van der Waals surface area contributed by atoms with Gasteiger partial charge in [-0.1, -0.05) is 82.3 Å². The van der Waals surface area contributed by atoms with Gasteiger partial charge in [-0.15, -0.1) is 10.2 Å². The first-order valence-corrected chi connectivity index (χ1v) is 13.4. The van der Waals surface area contributed by atoms with Gasteiger partial charge in [0.05, 0.1) is 12.9 Å². The zero-order valence-electron chi connectivity index (χ0n) is 26.3. The number of phenolic OH excluding ortho intramolecular Hbond substituents is 1. The van der Waals surface area contributed by atoms with Gasteiger partial charge in [0.1, 0.15) is 17.1 Å². The van der Waals surface area contributed by atoms with E-state index in [0.717, 1.165) is 5.56 Å². The van der Waals surface area contributed by atoms with Crippen molar-refractivity contribution in [3.05, 3.63) is 95.6 Å². The Morgan fingerprint density at radius 2 is 1.48 bits per heavy atom. The number of hydrogen-bond acceptors (Lipinski definition) is 10. The first-order chi connectivity index (χ1) is 20.5. The molecule has 2 radical (unpaired) electrons. The second-order valence-corrected chi connectivity index (χ2v) is 7.33. The van der Waals surface area contributed by atoms with Crippen LogP contribution in [0.2, 0.25) is 0 Å². The summed E-state index contributed by atoms with van der Waals surface area (Å²) in [5.41, 5.74) is 4.63. The molecule has 0 bridgehead atoms. The van der Waals surface area contributed by atoms with E-state index in [0.29, 0.717) is 40.7 Å². The van der Waals surface area contributed by atoms with Gasteiger partial charge >= 0.3 is 0 Å². The molecule has 0 amide bonds. The van der Waals surface area contributed by atoms with Crippen LogP contribution in [0.25, 0.3) is 5.32 Å². The van der Waals surface area contributed by atoms with Crippen LogP contribution in [0, 0.1) is 6.92 Å². The zero-order chi connectivity index (χ0) is 31.2. The Hall–Kier alpha value is -3.48. The predicted octanol–water partition coefficient (Wildman–Crippen LogP) is 7.79. The van der Waals surface area contributed by atoms with Crippen molar-refractivity contribution >= 4 is 29.1 Å². The molecule has 0 aliphatic rings. The molecule has 0 atom stereocenters. The first-order valence-electron chi connectivity index (χ1n) is 13.4. The van der Waals surface area contributed by atoms with Crippen LogP contribution in [0.3, 0.4) is 0 Å². The molecule has 12 nitrogen and oxygen atoms in total. The second-order valence-electron chi connectivity index (χ2n) is 7.33. The van der Waals surface area contributed by atoms with E-state index >= 15 is 0 Å². The number of hydrogen-bond donors (Lipinski definition) is 3. The fourth-order valence-corrected chi connectivity index (χ4v) is 2.90. The van der Waals surface area contributed by atoms with E-state index in [1.54, 1.807) is 57.4 Å². The van der Waals surface area contributed by atoms with Crippen molar-refractivity contribution in [3.8, 4) is 11.5 Å². The van der Waals surface area contributed by atoms with Gasteiger partial charge in [-0.3, -0.25) is 5.43 Å². The van der Waals surface area contributed by atoms with E-state index in [4.69, 9.17) is 9.78 Å².